The number of hydrogen-bond acceptors (Lipinski definition) is 20. The smallest absolute Gasteiger partial charge is 0.756 e. The minimum Gasteiger partial charge on any atom is -0.756 e. The fourth-order valence-electron chi connectivity index (χ4n) is 13.1. The molecular formula is C88H166N4NaO20P2-. The van der Waals surface area contributed by atoms with Crippen molar-refractivity contribution in [3.05, 3.63) is 24.3 Å². The number of allylic oxidation sites excluding steroid dienone is 4. The first-order valence-corrected chi connectivity index (χ1v) is 48.7. The Labute approximate surface area is 720 Å². The zero-order valence-electron chi connectivity index (χ0n) is 73.6. The number of aliphatic hydroxyl groups is 2. The molecular weight excluding hydrogens is 1520 g/mol. The minimum atomic E-state index is -4.95. The van der Waals surface area contributed by atoms with E-state index in [4.69, 9.17) is 37.0 Å². The van der Waals surface area contributed by atoms with Crippen molar-refractivity contribution in [3.8, 4) is 0 Å². The molecule has 0 radical (unpaired) electrons. The Hall–Kier alpha value is -2.64. The summed E-state index contributed by atoms with van der Waals surface area (Å²) >= 11 is 0. The molecule has 0 fully saturated rings. The van der Waals surface area contributed by atoms with Crippen molar-refractivity contribution in [1.29, 1.82) is 0 Å². The van der Waals surface area contributed by atoms with Crippen LogP contribution in [0.5, 0.6) is 0 Å². The molecule has 115 heavy (non-hydrogen) atoms. The van der Waals surface area contributed by atoms with Crippen LogP contribution < -0.4 is 60.6 Å². The summed E-state index contributed by atoms with van der Waals surface area (Å²) in [6, 6.07) is -1.89. The van der Waals surface area contributed by atoms with Crippen LogP contribution in [0.3, 0.4) is 0 Å². The van der Waals surface area contributed by atoms with Gasteiger partial charge in [0.15, 0.2) is 0 Å². The third-order valence-corrected chi connectivity index (χ3v) is 22.0. The molecule has 24 nitrogen and oxygen atoms in total. The molecule has 0 bridgehead atoms. The maximum atomic E-state index is 13.7. The van der Waals surface area contributed by atoms with Crippen LogP contribution in [-0.4, -0.2) is 148 Å². The Balaban J connectivity index is 0. The molecule has 27 heteroatoms. The summed E-state index contributed by atoms with van der Waals surface area (Å²) in [7, 11) is -9.91. The number of phosphoric ester groups is 2. The van der Waals surface area contributed by atoms with Crippen molar-refractivity contribution in [1.82, 2.24) is 21.3 Å². The van der Waals surface area contributed by atoms with Crippen LogP contribution in [0.4, 0.5) is 0 Å². The molecule has 0 rings (SSSR count). The van der Waals surface area contributed by atoms with Crippen molar-refractivity contribution >= 4 is 51.2 Å². The minimum absolute atomic E-state index is 0. The van der Waals surface area contributed by atoms with Gasteiger partial charge in [0, 0.05) is 52.0 Å². The molecule has 0 saturated heterocycles. The average molecular weight is 1690 g/mol. The molecule has 0 aliphatic carbocycles. The van der Waals surface area contributed by atoms with Crippen molar-refractivity contribution < 1.29 is 124 Å². The third-order valence-electron chi connectivity index (χ3n) is 20.1. The van der Waals surface area contributed by atoms with E-state index in [0.717, 1.165) is 167 Å². The van der Waals surface area contributed by atoms with Gasteiger partial charge in [-0.3, -0.25) is 37.9 Å². The molecule has 0 aliphatic heterocycles. The summed E-state index contributed by atoms with van der Waals surface area (Å²) in [6.45, 7) is 10.9. The van der Waals surface area contributed by atoms with E-state index in [1.807, 2.05) is 0 Å². The number of rotatable bonds is 87. The molecule has 6 N–H and O–H groups in total. The quantitative estimate of drug-likeness (QED) is 0.0108. The average Bonchev–Trinajstić information content (AvgIpc) is 0.904. The van der Waals surface area contributed by atoms with Crippen molar-refractivity contribution in [2.75, 3.05) is 65.9 Å². The number of nitrogens with one attached hydrogen (secondary N) is 4. The number of aliphatic hydroxyl groups excluding tert-OH is 2. The summed E-state index contributed by atoms with van der Waals surface area (Å²) in [5, 5.41) is 32.2. The summed E-state index contributed by atoms with van der Waals surface area (Å²) in [4.78, 5) is 105. The Bertz CT molecular complexity index is 2290. The summed E-state index contributed by atoms with van der Waals surface area (Å²) in [5.74, 6) is -2.33. The Kier molecular flexibility index (Phi) is 83.2. The second kappa shape index (κ2) is 83.6. The van der Waals surface area contributed by atoms with Gasteiger partial charge >= 0.3 is 41.5 Å². The van der Waals surface area contributed by atoms with Crippen molar-refractivity contribution in [2.24, 2.45) is 0 Å². The number of esters is 2. The van der Waals surface area contributed by atoms with Gasteiger partial charge in [0.05, 0.1) is 76.8 Å². The Morgan fingerprint density at radius 1 is 0.330 bits per heavy atom. The first-order valence-electron chi connectivity index (χ1n) is 45.7. The second-order valence-electron chi connectivity index (χ2n) is 31.3. The summed E-state index contributed by atoms with van der Waals surface area (Å²) in [5.41, 5.74) is 0. The molecule has 0 aromatic rings. The monoisotopic (exact) mass is 1680 g/mol. The van der Waals surface area contributed by atoms with E-state index in [2.05, 4.69) is 87.1 Å². The van der Waals surface area contributed by atoms with Gasteiger partial charge in [-0.25, -0.2) is 0 Å². The largest absolute Gasteiger partial charge is 1.00 e. The van der Waals surface area contributed by atoms with Crippen LogP contribution in [0, 0.1) is 0 Å². The van der Waals surface area contributed by atoms with Crippen LogP contribution in [0.25, 0.3) is 0 Å². The molecule has 8 atom stereocenters. The molecule has 8 unspecified atom stereocenters. The summed E-state index contributed by atoms with van der Waals surface area (Å²) < 4.78 is 70.4. The second-order valence-corrected chi connectivity index (χ2v) is 34.1. The molecule has 4 amide bonds. The van der Waals surface area contributed by atoms with E-state index in [-0.39, 0.29) is 131 Å². The van der Waals surface area contributed by atoms with Crippen LogP contribution in [0.15, 0.2) is 24.3 Å². The van der Waals surface area contributed by atoms with E-state index in [0.29, 0.717) is 77.0 Å². The fraction of sp³-hybridized carbons (Fsp3) is 0.886. The Morgan fingerprint density at radius 2 is 0.617 bits per heavy atom. The zero-order chi connectivity index (χ0) is 83.9. The maximum Gasteiger partial charge on any atom is 1.00 e. The first kappa shape index (κ1) is 114. The predicted molar refractivity (Wildman–Crippen MR) is 453 cm³/mol. The molecule has 0 saturated carbocycles. The van der Waals surface area contributed by atoms with Crippen LogP contribution in [0.1, 0.15) is 401 Å². The number of carbonyl (C=O) groups excluding carboxylic acids is 6. The van der Waals surface area contributed by atoms with Crippen LogP contribution >= 0.6 is 15.6 Å². The van der Waals surface area contributed by atoms with Crippen LogP contribution in [0.2, 0.25) is 0 Å². The van der Waals surface area contributed by atoms with Gasteiger partial charge < -0.3 is 78.3 Å². The zero-order valence-corrected chi connectivity index (χ0v) is 77.4. The number of unbranched alkanes of at least 4 members (excludes halogenated alkanes) is 35. The molecule has 670 valence electrons. The fourth-order valence-corrected chi connectivity index (χ4v) is 14.6. The van der Waals surface area contributed by atoms with Gasteiger partial charge in [-0.2, -0.15) is 0 Å². The van der Waals surface area contributed by atoms with Gasteiger partial charge in [-0.05, 0) is 116 Å². The maximum absolute atomic E-state index is 13.7. The standard InChI is InChI=1S/C88H168N4O20P2.Na/c1-7-13-19-25-29-33-35-41-49-57-81(111-87(99)61-53-43-37-31-27-21-15-9-3)71-85(97)91-77(73-105-67-63-79(93)55-47-39-23-17-11-5)75-109-113(101,102)107-69-65-89-83(95)59-51-45-46-52-60-84(96)90-66-70-108-114(103,104)110-76-78(74-106-68-64-80(94)56-48-40-24-18-12-6)92-86(98)72-82(58-50-42-36-34-30-26-20-14-8-2)112-88(100)62-54-44-38-32-28-22-16-10-4;/h31-32,37-38,77-82,93-94H,7-30,33-36,39-76H2,1-6H3,(H,89,95)(H,90,96)(H,91,97)(H,92,98)(H,101,102)(H,103,104);/q;+1/p-2/b37-31-,38-32-;. The number of amides is 4. The van der Waals surface area contributed by atoms with E-state index in [1.54, 1.807) is 0 Å². The predicted octanol–water partition coefficient (Wildman–Crippen LogP) is 15.9. The van der Waals surface area contributed by atoms with E-state index in [9.17, 15) is 57.9 Å². The Morgan fingerprint density at radius 3 is 0.948 bits per heavy atom. The van der Waals surface area contributed by atoms with Gasteiger partial charge in [0.2, 0.25) is 23.6 Å². The molecule has 0 aliphatic rings. The van der Waals surface area contributed by atoms with Crippen LogP contribution in [-0.2, 0) is 74.9 Å². The molecule has 0 aromatic heterocycles. The van der Waals surface area contributed by atoms with E-state index in [1.165, 1.54) is 77.0 Å². The van der Waals surface area contributed by atoms with E-state index >= 15 is 0 Å². The van der Waals surface area contributed by atoms with E-state index < -0.39 is 90.4 Å². The number of hydrogen-bond donors (Lipinski definition) is 6. The first-order chi connectivity index (χ1) is 55.2. The van der Waals surface area contributed by atoms with Gasteiger partial charge in [-0.15, -0.1) is 0 Å². The third kappa shape index (κ3) is 80.8. The number of phosphoric acid groups is 2. The number of carbonyl (C=O) groups is 6. The summed E-state index contributed by atoms with van der Waals surface area (Å²) in [6.07, 6.45) is 54.0. The normalized spacial score (nSPS) is 14.3. The van der Waals surface area contributed by atoms with Crippen molar-refractivity contribution in [3.63, 3.8) is 0 Å². The number of ether oxygens (including phenoxy) is 4. The SMILES string of the molecule is CCCCC/C=C\CCCC(=O)OC(CCCCCCCCCCC)CC(=O)NC(COCCC(O)CCCCCCC)COP(=O)([O-])OCCNC(=O)CCCCCCC(=O)NCCOP(=O)([O-])OCC(COCCC(O)CCCCCCC)NC(=O)CC(CCCCCCCCCCC)OC(=O)CCC/C=C\CCCCC.[Na+]. The van der Waals surface area contributed by atoms with Gasteiger partial charge in [0.1, 0.15) is 12.2 Å². The molecule has 0 heterocycles. The molecule has 0 spiro atoms. The molecule has 0 aromatic carbocycles. The van der Waals surface area contributed by atoms with Crippen molar-refractivity contribution in [2.45, 2.75) is 438 Å². The van der Waals surface area contributed by atoms with Gasteiger partial charge in [0.25, 0.3) is 15.6 Å². The topological polar surface area (TPSA) is 345 Å². The van der Waals surface area contributed by atoms with Gasteiger partial charge in [-0.1, -0.05) is 271 Å².